The van der Waals surface area contributed by atoms with Crippen LogP contribution in [0.5, 0.6) is 5.75 Å². The molecule has 2 saturated heterocycles. The minimum absolute atomic E-state index is 0.0744. The maximum absolute atomic E-state index is 15.2. The number of alkyl halides is 4. The normalized spacial score (nSPS) is 33.1. The average molecular weight is 665 g/mol. The number of amides is 4. The maximum atomic E-state index is 15.2. The summed E-state index contributed by atoms with van der Waals surface area (Å²) in [6.45, 7) is 3.77. The molecular weight excluding hydrogens is 628 g/mol. The van der Waals surface area contributed by atoms with E-state index in [0.29, 0.717) is 12.8 Å². The minimum atomic E-state index is -4.55. The quantitative estimate of drug-likeness (QED) is 0.455. The van der Waals surface area contributed by atoms with Crippen LogP contribution in [0.4, 0.5) is 28.2 Å². The van der Waals surface area contributed by atoms with Crippen molar-refractivity contribution in [1.82, 2.24) is 20.1 Å². The molecule has 0 radical (unpaired) electrons. The molecule has 9 atom stereocenters. The predicted molar refractivity (Wildman–Crippen MR) is 154 cm³/mol. The Hall–Kier alpha value is -4.16. The van der Waals surface area contributed by atoms with Gasteiger partial charge in [-0.3, -0.25) is 14.4 Å². The molecule has 2 bridgehead atoms. The summed E-state index contributed by atoms with van der Waals surface area (Å²) in [4.78, 5) is 61.4. The highest BCUT2D eigenvalue weighted by molar-refractivity contribution is 6.01. The molecule has 47 heavy (non-hydrogen) atoms. The molecule has 2 N–H and O–H groups in total. The summed E-state index contributed by atoms with van der Waals surface area (Å²) in [6, 6.07) is 1.66. The van der Waals surface area contributed by atoms with Gasteiger partial charge in [-0.15, -0.1) is 0 Å². The van der Waals surface area contributed by atoms with Gasteiger partial charge in [0.05, 0.1) is 19.0 Å². The standard InChI is InChI=1S/C31H36F4N6O6/c1-29(2,3)23(38-28(45)46-8-6-31(33,34)35)26(43)40-13-18-15-9-17(19(32)10-15)21(18)22(40)25(42)41-14-30(11-16(41)12-36)27(44)39-24-20(47-30)5-4-7-37-24/h4-5,7,15-19,21-23H,6,8-11,13-14H2,1-3H3,(H,38,45)(H,37,39,44). The van der Waals surface area contributed by atoms with Crippen LogP contribution in [-0.4, -0.2) is 94.4 Å². The van der Waals surface area contributed by atoms with Gasteiger partial charge in [-0.2, -0.15) is 18.4 Å². The highest BCUT2D eigenvalue weighted by Gasteiger charge is 2.65. The van der Waals surface area contributed by atoms with E-state index in [4.69, 9.17) is 9.47 Å². The van der Waals surface area contributed by atoms with E-state index < -0.39 is 90.2 Å². The number of fused-ring (bicyclic) bond motifs is 6. The summed E-state index contributed by atoms with van der Waals surface area (Å²) in [6.07, 6.45) is -6.15. The third-order valence-corrected chi connectivity index (χ3v) is 10.3. The molecule has 4 heterocycles. The molecule has 1 spiro atoms. The first-order valence-electron chi connectivity index (χ1n) is 15.6. The van der Waals surface area contributed by atoms with Crippen LogP contribution in [0, 0.1) is 40.4 Å². The lowest BCUT2D eigenvalue weighted by atomic mass is 9.77. The topological polar surface area (TPSA) is 154 Å². The molecule has 254 valence electrons. The molecule has 4 fully saturated rings. The molecule has 16 heteroatoms. The number of nitriles is 1. The first kappa shape index (κ1) is 32.8. The Morgan fingerprint density at radius 2 is 1.98 bits per heavy atom. The largest absolute Gasteiger partial charge is 0.472 e. The van der Waals surface area contributed by atoms with Crippen molar-refractivity contribution in [3.05, 3.63) is 18.3 Å². The zero-order valence-corrected chi connectivity index (χ0v) is 26.1. The number of pyridine rings is 1. The Morgan fingerprint density at radius 1 is 1.23 bits per heavy atom. The van der Waals surface area contributed by atoms with Crippen molar-refractivity contribution in [3.8, 4) is 11.8 Å². The molecular formula is C31H36F4N6O6. The Balaban J connectivity index is 1.29. The number of halogens is 4. The number of aromatic nitrogens is 1. The average Bonchev–Trinajstić information content (AvgIpc) is 3.74. The second-order valence-electron chi connectivity index (χ2n) is 14.2. The molecule has 6 rings (SSSR count). The summed E-state index contributed by atoms with van der Waals surface area (Å²) in [5.41, 5.74) is -2.58. The molecule has 1 aromatic heterocycles. The molecule has 1 aromatic rings. The van der Waals surface area contributed by atoms with Gasteiger partial charge < -0.3 is 29.9 Å². The van der Waals surface area contributed by atoms with Crippen molar-refractivity contribution in [1.29, 1.82) is 5.26 Å². The van der Waals surface area contributed by atoms with Crippen LogP contribution in [0.2, 0.25) is 0 Å². The number of rotatable bonds is 5. The number of hydrogen-bond donors (Lipinski definition) is 2. The van der Waals surface area contributed by atoms with E-state index in [1.165, 1.54) is 16.0 Å². The third kappa shape index (κ3) is 5.82. The van der Waals surface area contributed by atoms with E-state index in [1.54, 1.807) is 32.9 Å². The van der Waals surface area contributed by atoms with Crippen LogP contribution in [0.25, 0.3) is 0 Å². The molecule has 5 aliphatic rings. The van der Waals surface area contributed by atoms with E-state index in [9.17, 15) is 37.6 Å². The van der Waals surface area contributed by atoms with Crippen LogP contribution < -0.4 is 15.4 Å². The number of nitrogens with one attached hydrogen (secondary N) is 2. The zero-order chi connectivity index (χ0) is 34.1. The van der Waals surface area contributed by atoms with E-state index in [2.05, 4.69) is 21.7 Å². The highest BCUT2D eigenvalue weighted by atomic mass is 19.4. The van der Waals surface area contributed by atoms with Crippen molar-refractivity contribution in [3.63, 3.8) is 0 Å². The number of carbonyl (C=O) groups is 4. The fourth-order valence-corrected chi connectivity index (χ4v) is 8.16. The predicted octanol–water partition coefficient (Wildman–Crippen LogP) is 3.19. The molecule has 2 aliphatic carbocycles. The van der Waals surface area contributed by atoms with Gasteiger partial charge in [0.2, 0.25) is 17.4 Å². The van der Waals surface area contributed by atoms with Gasteiger partial charge >= 0.3 is 12.3 Å². The van der Waals surface area contributed by atoms with Crippen molar-refractivity contribution >= 4 is 29.6 Å². The molecule has 9 unspecified atom stereocenters. The number of carbonyl (C=O) groups excluding carboxylic acids is 4. The summed E-state index contributed by atoms with van der Waals surface area (Å²) in [5, 5.41) is 15.2. The SMILES string of the molecule is CC(C)(C)C(NC(=O)OCCC(F)(F)F)C(=O)N1CC2C3CC(F)C(C3)C2C1C(=O)N1CC2(CC1C#N)Oc1cccnc1NC2=O. The number of ether oxygens (including phenoxy) is 2. The van der Waals surface area contributed by atoms with Crippen LogP contribution >= 0.6 is 0 Å². The molecule has 12 nitrogen and oxygen atoms in total. The molecule has 0 aromatic carbocycles. The first-order chi connectivity index (χ1) is 22.0. The van der Waals surface area contributed by atoms with Crippen molar-refractivity contribution in [2.45, 2.75) is 82.5 Å². The van der Waals surface area contributed by atoms with Gasteiger partial charge in [-0.25, -0.2) is 14.2 Å². The summed E-state index contributed by atoms with van der Waals surface area (Å²) in [7, 11) is 0. The zero-order valence-electron chi connectivity index (χ0n) is 26.1. The summed E-state index contributed by atoms with van der Waals surface area (Å²) < 4.78 is 63.9. The molecule has 2 saturated carbocycles. The number of nitrogens with zero attached hydrogens (tertiary/aromatic N) is 4. The second kappa shape index (κ2) is 11.5. The van der Waals surface area contributed by atoms with Gasteiger partial charge in [0, 0.05) is 19.2 Å². The van der Waals surface area contributed by atoms with E-state index in [-0.39, 0.29) is 42.9 Å². The number of alkyl carbamates (subject to hydrolysis) is 1. The first-order valence-corrected chi connectivity index (χ1v) is 15.6. The van der Waals surface area contributed by atoms with E-state index >= 15 is 4.39 Å². The monoisotopic (exact) mass is 664 g/mol. The van der Waals surface area contributed by atoms with Crippen LogP contribution in [0.15, 0.2) is 18.3 Å². The van der Waals surface area contributed by atoms with Gasteiger partial charge in [0.15, 0.2) is 11.6 Å². The van der Waals surface area contributed by atoms with Crippen LogP contribution in [0.3, 0.4) is 0 Å². The highest BCUT2D eigenvalue weighted by Crippen LogP contribution is 2.59. The van der Waals surface area contributed by atoms with Gasteiger partial charge in [-0.05, 0) is 54.1 Å². The molecule has 4 amide bonds. The van der Waals surface area contributed by atoms with Gasteiger partial charge in [-0.1, -0.05) is 20.8 Å². The summed E-state index contributed by atoms with van der Waals surface area (Å²) in [5.74, 6) is -2.79. The van der Waals surface area contributed by atoms with Gasteiger partial charge in [0.1, 0.15) is 30.9 Å². The minimum Gasteiger partial charge on any atom is -0.472 e. The van der Waals surface area contributed by atoms with Crippen molar-refractivity contribution < 1.29 is 46.2 Å². The second-order valence-corrected chi connectivity index (χ2v) is 14.2. The smallest absolute Gasteiger partial charge is 0.407 e. The Morgan fingerprint density at radius 3 is 2.66 bits per heavy atom. The fraction of sp³-hybridized carbons (Fsp3) is 0.677. The van der Waals surface area contributed by atoms with Crippen LogP contribution in [0.1, 0.15) is 46.5 Å². The van der Waals surface area contributed by atoms with E-state index in [1.807, 2.05) is 0 Å². The fourth-order valence-electron chi connectivity index (χ4n) is 8.16. The Labute approximate surface area is 268 Å². The lowest BCUT2D eigenvalue weighted by Gasteiger charge is -2.38. The lowest BCUT2D eigenvalue weighted by Crippen LogP contribution is -2.60. The lowest BCUT2D eigenvalue weighted by molar-refractivity contribution is -0.149. The molecule has 3 aliphatic heterocycles. The van der Waals surface area contributed by atoms with Crippen LogP contribution in [-0.2, 0) is 19.1 Å². The van der Waals surface area contributed by atoms with E-state index in [0.717, 1.165) is 0 Å². The number of likely N-dealkylation sites (tertiary alicyclic amines) is 2. The maximum Gasteiger partial charge on any atom is 0.407 e. The van der Waals surface area contributed by atoms with Crippen molar-refractivity contribution in [2.24, 2.45) is 29.1 Å². The van der Waals surface area contributed by atoms with Gasteiger partial charge in [0.25, 0.3) is 5.91 Å². The summed E-state index contributed by atoms with van der Waals surface area (Å²) >= 11 is 0. The number of hydrogen-bond acceptors (Lipinski definition) is 8. The van der Waals surface area contributed by atoms with Crippen molar-refractivity contribution in [2.75, 3.05) is 25.0 Å². The number of anilines is 1. The third-order valence-electron chi connectivity index (χ3n) is 10.3. The Kier molecular flexibility index (Phi) is 8.03. The Bertz CT molecular complexity index is 1510.